The fourth-order valence-electron chi connectivity index (χ4n) is 1.47. The van der Waals surface area contributed by atoms with Gasteiger partial charge in [0.2, 0.25) is 0 Å². The first-order chi connectivity index (χ1) is 7.31. The third-order valence-electron chi connectivity index (χ3n) is 2.31. The lowest BCUT2D eigenvalue weighted by molar-refractivity contribution is 0.0992. The van der Waals surface area contributed by atoms with Crippen molar-refractivity contribution < 1.29 is 4.79 Å². The van der Waals surface area contributed by atoms with Gasteiger partial charge in [-0.3, -0.25) is 4.79 Å². The smallest absolute Gasteiger partial charge is 0.176 e. The van der Waals surface area contributed by atoms with E-state index in [1.165, 1.54) is 10.1 Å². The van der Waals surface area contributed by atoms with E-state index in [1.54, 1.807) is 11.3 Å². The van der Waals surface area contributed by atoms with Crippen LogP contribution in [0.2, 0.25) is 0 Å². The largest absolute Gasteiger partial charge is 0.310 e. The Hall–Kier alpha value is -1.19. The van der Waals surface area contributed by atoms with Crippen molar-refractivity contribution >= 4 is 27.2 Å². The van der Waals surface area contributed by atoms with Crippen LogP contribution in [-0.4, -0.2) is 18.9 Å². The molecule has 0 aliphatic heterocycles. The summed E-state index contributed by atoms with van der Waals surface area (Å²) < 4.78 is 1.18. The highest BCUT2D eigenvalue weighted by Crippen LogP contribution is 2.21. The summed E-state index contributed by atoms with van der Waals surface area (Å²) in [6.45, 7) is 3.25. The molecule has 0 atom stereocenters. The molecule has 3 heteroatoms. The Balaban J connectivity index is 2.23. The van der Waals surface area contributed by atoms with Gasteiger partial charge in [-0.2, -0.15) is 0 Å². The molecule has 2 nitrogen and oxygen atoms in total. The molecule has 0 aliphatic carbocycles. The zero-order chi connectivity index (χ0) is 10.7. The van der Waals surface area contributed by atoms with Crippen LogP contribution < -0.4 is 5.32 Å². The summed E-state index contributed by atoms with van der Waals surface area (Å²) >= 11 is 1.67. The van der Waals surface area contributed by atoms with E-state index in [2.05, 4.69) is 11.4 Å². The monoisotopic (exact) mass is 219 g/mol. The van der Waals surface area contributed by atoms with Gasteiger partial charge < -0.3 is 5.32 Å². The Labute approximate surface area is 92.9 Å². The van der Waals surface area contributed by atoms with Crippen molar-refractivity contribution in [1.29, 1.82) is 0 Å². The van der Waals surface area contributed by atoms with Gasteiger partial charge in [0.15, 0.2) is 5.78 Å². The van der Waals surface area contributed by atoms with Crippen molar-refractivity contribution in [2.75, 3.05) is 13.1 Å². The van der Waals surface area contributed by atoms with E-state index >= 15 is 0 Å². The van der Waals surface area contributed by atoms with Crippen LogP contribution in [0.3, 0.4) is 0 Å². The minimum atomic E-state index is 0.159. The van der Waals surface area contributed by atoms with Gasteiger partial charge in [-0.15, -0.1) is 11.3 Å². The second-order valence-electron chi connectivity index (χ2n) is 3.38. The summed E-state index contributed by atoms with van der Waals surface area (Å²) in [5, 5.41) is 6.30. The van der Waals surface area contributed by atoms with Crippen molar-refractivity contribution in [2.45, 2.75) is 6.92 Å². The molecule has 0 saturated heterocycles. The van der Waals surface area contributed by atoms with Crippen LogP contribution in [0.5, 0.6) is 0 Å². The second kappa shape index (κ2) is 4.55. The molecular formula is C12H13NOS. The van der Waals surface area contributed by atoms with Crippen molar-refractivity contribution in [3.8, 4) is 0 Å². The molecule has 0 fully saturated rings. The van der Waals surface area contributed by atoms with Gasteiger partial charge in [0.25, 0.3) is 0 Å². The first-order valence-electron chi connectivity index (χ1n) is 5.02. The topological polar surface area (TPSA) is 29.1 Å². The molecule has 0 radical (unpaired) electrons. The van der Waals surface area contributed by atoms with E-state index < -0.39 is 0 Å². The van der Waals surface area contributed by atoms with E-state index in [0.29, 0.717) is 6.54 Å². The molecule has 2 rings (SSSR count). The molecule has 0 unspecified atom stereocenters. The van der Waals surface area contributed by atoms with Crippen LogP contribution in [-0.2, 0) is 0 Å². The predicted octanol–water partition coefficient (Wildman–Crippen LogP) is 2.69. The third kappa shape index (κ3) is 2.25. The molecule has 0 aliphatic rings. The Morgan fingerprint density at radius 1 is 1.40 bits per heavy atom. The third-order valence-corrected chi connectivity index (χ3v) is 3.19. The molecule has 0 saturated carbocycles. The molecule has 0 bridgehead atoms. The normalized spacial score (nSPS) is 10.7. The van der Waals surface area contributed by atoms with Crippen LogP contribution in [0.15, 0.2) is 29.6 Å². The molecule has 15 heavy (non-hydrogen) atoms. The maximum Gasteiger partial charge on any atom is 0.176 e. The first kappa shape index (κ1) is 10.3. The minimum Gasteiger partial charge on any atom is -0.310 e. The summed E-state index contributed by atoms with van der Waals surface area (Å²) in [5.41, 5.74) is 0.797. The molecule has 78 valence electrons. The summed E-state index contributed by atoms with van der Waals surface area (Å²) in [6, 6.07) is 7.94. The highest BCUT2D eigenvalue weighted by molar-refractivity contribution is 7.17. The standard InChI is InChI=1S/C12H13NOS/c1-2-13-8-11(14)10-4-3-9-5-6-15-12(9)7-10/h3-7,13H,2,8H2,1H3. The highest BCUT2D eigenvalue weighted by atomic mass is 32.1. The Bertz CT molecular complexity index is 475. The molecule has 1 heterocycles. The lowest BCUT2D eigenvalue weighted by atomic mass is 10.1. The molecular weight excluding hydrogens is 206 g/mol. The van der Waals surface area contributed by atoms with Crippen molar-refractivity contribution in [3.63, 3.8) is 0 Å². The highest BCUT2D eigenvalue weighted by Gasteiger charge is 2.05. The van der Waals surface area contributed by atoms with Crippen molar-refractivity contribution in [3.05, 3.63) is 35.2 Å². The molecule has 1 N–H and O–H groups in total. The molecule has 1 aromatic heterocycles. The van der Waals surface area contributed by atoms with E-state index in [-0.39, 0.29) is 5.78 Å². The van der Waals surface area contributed by atoms with Crippen LogP contribution >= 0.6 is 11.3 Å². The fraction of sp³-hybridized carbons (Fsp3) is 0.250. The Kier molecular flexibility index (Phi) is 3.14. The van der Waals surface area contributed by atoms with Gasteiger partial charge in [-0.05, 0) is 29.4 Å². The van der Waals surface area contributed by atoms with Gasteiger partial charge in [0.05, 0.1) is 6.54 Å². The number of nitrogens with one attached hydrogen (secondary N) is 1. The Morgan fingerprint density at radius 2 is 2.27 bits per heavy atom. The number of hydrogen-bond donors (Lipinski definition) is 1. The van der Waals surface area contributed by atoms with Gasteiger partial charge in [-0.25, -0.2) is 0 Å². The maximum atomic E-state index is 11.7. The lowest BCUT2D eigenvalue weighted by Gasteiger charge is -2.01. The number of carbonyl (C=O) groups is 1. The van der Waals surface area contributed by atoms with Crippen LogP contribution in [0, 0.1) is 0 Å². The SMILES string of the molecule is CCNCC(=O)c1ccc2ccsc2c1. The van der Waals surface area contributed by atoms with Gasteiger partial charge >= 0.3 is 0 Å². The van der Waals surface area contributed by atoms with Crippen LogP contribution in [0.1, 0.15) is 17.3 Å². The van der Waals surface area contributed by atoms with E-state index in [1.807, 2.05) is 30.5 Å². The quantitative estimate of drug-likeness (QED) is 0.801. The van der Waals surface area contributed by atoms with Crippen molar-refractivity contribution in [2.24, 2.45) is 0 Å². The summed E-state index contributed by atoms with van der Waals surface area (Å²) in [7, 11) is 0. The maximum absolute atomic E-state index is 11.7. The van der Waals surface area contributed by atoms with E-state index in [9.17, 15) is 4.79 Å². The number of hydrogen-bond acceptors (Lipinski definition) is 3. The summed E-state index contributed by atoms with van der Waals surface area (Å²) in [5.74, 6) is 0.159. The summed E-state index contributed by atoms with van der Waals surface area (Å²) in [4.78, 5) is 11.7. The number of Topliss-reactive ketones (excluding diaryl/α,β-unsaturated/α-hetero) is 1. The number of rotatable bonds is 4. The number of fused-ring (bicyclic) bond motifs is 1. The Morgan fingerprint density at radius 3 is 3.07 bits per heavy atom. The fourth-order valence-corrected chi connectivity index (χ4v) is 2.30. The van der Waals surface area contributed by atoms with Gasteiger partial charge in [0.1, 0.15) is 0 Å². The van der Waals surface area contributed by atoms with Crippen molar-refractivity contribution in [1.82, 2.24) is 5.32 Å². The zero-order valence-electron chi connectivity index (χ0n) is 8.62. The molecule has 0 spiro atoms. The molecule has 2 aromatic rings. The first-order valence-corrected chi connectivity index (χ1v) is 5.90. The number of ketones is 1. The lowest BCUT2D eigenvalue weighted by Crippen LogP contribution is -2.22. The molecule has 0 amide bonds. The number of benzene rings is 1. The molecule has 1 aromatic carbocycles. The number of likely N-dealkylation sites (N-methyl/N-ethyl adjacent to an activating group) is 1. The summed E-state index contributed by atoms with van der Waals surface area (Å²) in [6.07, 6.45) is 0. The number of carbonyl (C=O) groups excluding carboxylic acids is 1. The van der Waals surface area contributed by atoms with Crippen LogP contribution in [0.4, 0.5) is 0 Å². The van der Waals surface area contributed by atoms with E-state index in [0.717, 1.165) is 12.1 Å². The van der Waals surface area contributed by atoms with Crippen LogP contribution in [0.25, 0.3) is 10.1 Å². The predicted molar refractivity (Wildman–Crippen MR) is 64.7 cm³/mol. The average molecular weight is 219 g/mol. The van der Waals surface area contributed by atoms with E-state index in [4.69, 9.17) is 0 Å². The zero-order valence-corrected chi connectivity index (χ0v) is 9.43. The van der Waals surface area contributed by atoms with Gasteiger partial charge in [0, 0.05) is 10.3 Å². The van der Waals surface area contributed by atoms with Gasteiger partial charge in [-0.1, -0.05) is 19.1 Å². The minimum absolute atomic E-state index is 0.159. The average Bonchev–Trinajstić information content (AvgIpc) is 2.72. The number of thiophene rings is 1. The second-order valence-corrected chi connectivity index (χ2v) is 4.32.